The lowest BCUT2D eigenvalue weighted by atomic mass is 10.0. The predicted octanol–water partition coefficient (Wildman–Crippen LogP) is 4.23. The minimum atomic E-state index is 0.772. The highest BCUT2D eigenvalue weighted by Crippen LogP contribution is 2.24. The van der Waals surface area contributed by atoms with Crippen molar-refractivity contribution in [3.05, 3.63) is 58.7 Å². The molecule has 0 saturated carbocycles. The van der Waals surface area contributed by atoms with Crippen LogP contribution in [0, 0.1) is 20.8 Å². The molecular weight excluding hydrogens is 234 g/mol. The van der Waals surface area contributed by atoms with Gasteiger partial charge in [-0.15, -0.1) is 0 Å². The minimum absolute atomic E-state index is 0.772. The number of nitrogens with one attached hydrogen (secondary N) is 1. The molecule has 0 aliphatic rings. The first kappa shape index (κ1) is 13.5. The molecule has 0 saturated heterocycles. The van der Waals surface area contributed by atoms with Crippen LogP contribution in [0.25, 0.3) is 0 Å². The standard InChI is InChI=1S/C17H21NO/c1-12-6-5-7-16(8-12)18-11-15-9-13(2)14(3)10-17(15)19-4/h5-10,18H,11H2,1-4H3. The zero-order valence-corrected chi connectivity index (χ0v) is 12.1. The normalized spacial score (nSPS) is 10.3. The average molecular weight is 255 g/mol. The summed E-state index contributed by atoms with van der Waals surface area (Å²) in [6.45, 7) is 7.11. The first-order chi connectivity index (χ1) is 9.10. The quantitative estimate of drug-likeness (QED) is 0.882. The lowest BCUT2D eigenvalue weighted by molar-refractivity contribution is 0.410. The molecule has 0 amide bonds. The zero-order chi connectivity index (χ0) is 13.8. The number of hydrogen-bond donors (Lipinski definition) is 1. The molecule has 0 atom stereocenters. The van der Waals surface area contributed by atoms with E-state index in [0.29, 0.717) is 0 Å². The second-order valence-corrected chi connectivity index (χ2v) is 4.97. The van der Waals surface area contributed by atoms with Crippen LogP contribution in [0.1, 0.15) is 22.3 Å². The molecule has 0 unspecified atom stereocenters. The summed E-state index contributed by atoms with van der Waals surface area (Å²) in [7, 11) is 1.72. The summed E-state index contributed by atoms with van der Waals surface area (Å²) in [6.07, 6.45) is 0. The third-order valence-corrected chi connectivity index (χ3v) is 3.40. The Morgan fingerprint density at radius 2 is 1.74 bits per heavy atom. The van der Waals surface area contributed by atoms with Gasteiger partial charge in [-0.05, 0) is 55.7 Å². The van der Waals surface area contributed by atoms with E-state index in [-0.39, 0.29) is 0 Å². The fourth-order valence-corrected chi connectivity index (χ4v) is 2.13. The maximum absolute atomic E-state index is 5.45. The average Bonchev–Trinajstić information content (AvgIpc) is 2.39. The maximum atomic E-state index is 5.45. The Kier molecular flexibility index (Phi) is 4.10. The smallest absolute Gasteiger partial charge is 0.124 e. The molecule has 19 heavy (non-hydrogen) atoms. The van der Waals surface area contributed by atoms with Crippen molar-refractivity contribution in [3.63, 3.8) is 0 Å². The number of methoxy groups -OCH3 is 1. The van der Waals surface area contributed by atoms with Gasteiger partial charge in [0.1, 0.15) is 5.75 Å². The fourth-order valence-electron chi connectivity index (χ4n) is 2.13. The van der Waals surface area contributed by atoms with Crippen molar-refractivity contribution in [3.8, 4) is 5.75 Å². The monoisotopic (exact) mass is 255 g/mol. The number of anilines is 1. The van der Waals surface area contributed by atoms with Crippen molar-refractivity contribution in [2.45, 2.75) is 27.3 Å². The Hall–Kier alpha value is -1.96. The predicted molar refractivity (Wildman–Crippen MR) is 81.0 cm³/mol. The van der Waals surface area contributed by atoms with Crippen molar-refractivity contribution in [2.24, 2.45) is 0 Å². The first-order valence-corrected chi connectivity index (χ1v) is 6.55. The van der Waals surface area contributed by atoms with E-state index in [1.165, 1.54) is 22.3 Å². The van der Waals surface area contributed by atoms with Gasteiger partial charge in [-0.3, -0.25) is 0 Å². The van der Waals surface area contributed by atoms with Crippen LogP contribution in [0.5, 0.6) is 5.75 Å². The zero-order valence-electron chi connectivity index (χ0n) is 12.1. The highest BCUT2D eigenvalue weighted by molar-refractivity contribution is 5.48. The molecule has 0 aromatic heterocycles. The summed E-state index contributed by atoms with van der Waals surface area (Å²) in [5.41, 5.74) is 6.14. The van der Waals surface area contributed by atoms with E-state index in [4.69, 9.17) is 4.74 Å². The van der Waals surface area contributed by atoms with Crippen LogP contribution in [0.3, 0.4) is 0 Å². The van der Waals surface area contributed by atoms with Gasteiger partial charge in [0.05, 0.1) is 7.11 Å². The molecule has 0 aliphatic carbocycles. The number of benzene rings is 2. The molecule has 0 bridgehead atoms. The van der Waals surface area contributed by atoms with Gasteiger partial charge < -0.3 is 10.1 Å². The second-order valence-electron chi connectivity index (χ2n) is 4.97. The van der Waals surface area contributed by atoms with Crippen LogP contribution >= 0.6 is 0 Å². The lowest BCUT2D eigenvalue weighted by Gasteiger charge is -2.13. The van der Waals surface area contributed by atoms with Gasteiger partial charge in [0.2, 0.25) is 0 Å². The molecule has 2 nitrogen and oxygen atoms in total. The van der Waals surface area contributed by atoms with Gasteiger partial charge in [0.15, 0.2) is 0 Å². The lowest BCUT2D eigenvalue weighted by Crippen LogP contribution is -2.03. The first-order valence-electron chi connectivity index (χ1n) is 6.55. The maximum Gasteiger partial charge on any atom is 0.124 e. The number of aryl methyl sites for hydroxylation is 3. The van der Waals surface area contributed by atoms with Crippen LogP contribution < -0.4 is 10.1 Å². The molecule has 2 heteroatoms. The molecule has 100 valence electrons. The van der Waals surface area contributed by atoms with Gasteiger partial charge in [0.25, 0.3) is 0 Å². The molecule has 2 rings (SSSR count). The van der Waals surface area contributed by atoms with E-state index in [1.54, 1.807) is 7.11 Å². The third-order valence-electron chi connectivity index (χ3n) is 3.40. The van der Waals surface area contributed by atoms with Crippen molar-refractivity contribution in [2.75, 3.05) is 12.4 Å². The molecule has 0 aliphatic heterocycles. The summed E-state index contributed by atoms with van der Waals surface area (Å²) in [4.78, 5) is 0. The molecule has 1 N–H and O–H groups in total. The highest BCUT2D eigenvalue weighted by Gasteiger charge is 2.05. The van der Waals surface area contributed by atoms with E-state index >= 15 is 0 Å². The van der Waals surface area contributed by atoms with Gasteiger partial charge in [0, 0.05) is 17.8 Å². The summed E-state index contributed by atoms with van der Waals surface area (Å²) in [5, 5.41) is 3.44. The number of ether oxygens (including phenoxy) is 1. The molecule has 0 spiro atoms. The number of rotatable bonds is 4. The van der Waals surface area contributed by atoms with Gasteiger partial charge in [-0.25, -0.2) is 0 Å². The summed E-state index contributed by atoms with van der Waals surface area (Å²) >= 11 is 0. The Morgan fingerprint density at radius 1 is 1.00 bits per heavy atom. The summed E-state index contributed by atoms with van der Waals surface area (Å²) in [6, 6.07) is 12.7. The molecule has 2 aromatic rings. The molecular formula is C17H21NO. The largest absolute Gasteiger partial charge is 0.496 e. The fraction of sp³-hybridized carbons (Fsp3) is 0.294. The number of hydrogen-bond acceptors (Lipinski definition) is 2. The van der Waals surface area contributed by atoms with E-state index in [2.05, 4.69) is 62.5 Å². The minimum Gasteiger partial charge on any atom is -0.496 e. The molecule has 2 aromatic carbocycles. The highest BCUT2D eigenvalue weighted by atomic mass is 16.5. The molecule has 0 heterocycles. The van der Waals surface area contributed by atoms with Crippen LogP contribution in [-0.2, 0) is 6.54 Å². The summed E-state index contributed by atoms with van der Waals surface area (Å²) < 4.78 is 5.45. The van der Waals surface area contributed by atoms with Gasteiger partial charge in [-0.1, -0.05) is 18.2 Å². The molecule has 0 radical (unpaired) electrons. The Morgan fingerprint density at radius 3 is 2.42 bits per heavy atom. The SMILES string of the molecule is COc1cc(C)c(C)cc1CNc1cccc(C)c1. The van der Waals surface area contributed by atoms with Crippen LogP contribution in [0.4, 0.5) is 5.69 Å². The van der Waals surface area contributed by atoms with Gasteiger partial charge >= 0.3 is 0 Å². The van der Waals surface area contributed by atoms with Gasteiger partial charge in [-0.2, -0.15) is 0 Å². The Labute approximate surface area is 115 Å². The van der Waals surface area contributed by atoms with Crippen molar-refractivity contribution < 1.29 is 4.74 Å². The third kappa shape index (κ3) is 3.28. The Balaban J connectivity index is 2.17. The summed E-state index contributed by atoms with van der Waals surface area (Å²) in [5.74, 6) is 0.947. The van der Waals surface area contributed by atoms with Crippen molar-refractivity contribution in [1.82, 2.24) is 0 Å². The molecule has 0 fully saturated rings. The van der Waals surface area contributed by atoms with Crippen LogP contribution in [-0.4, -0.2) is 7.11 Å². The second kappa shape index (κ2) is 5.79. The van der Waals surface area contributed by atoms with E-state index in [1.807, 2.05) is 0 Å². The van der Waals surface area contributed by atoms with Crippen LogP contribution in [0.2, 0.25) is 0 Å². The van der Waals surface area contributed by atoms with Crippen molar-refractivity contribution in [1.29, 1.82) is 0 Å². The Bertz CT molecular complexity index is 575. The van der Waals surface area contributed by atoms with E-state index in [0.717, 1.165) is 18.0 Å². The van der Waals surface area contributed by atoms with E-state index in [9.17, 15) is 0 Å². The van der Waals surface area contributed by atoms with Crippen LogP contribution in [0.15, 0.2) is 36.4 Å². The van der Waals surface area contributed by atoms with Crippen molar-refractivity contribution >= 4 is 5.69 Å². The topological polar surface area (TPSA) is 21.3 Å². The van der Waals surface area contributed by atoms with E-state index < -0.39 is 0 Å².